The van der Waals surface area contributed by atoms with Crippen LogP contribution in [0, 0.1) is 13.8 Å². The van der Waals surface area contributed by atoms with Crippen LogP contribution >= 0.6 is 0 Å². The van der Waals surface area contributed by atoms with E-state index in [0.717, 1.165) is 9.98 Å². The fourth-order valence-electron chi connectivity index (χ4n) is 3.60. The zero-order chi connectivity index (χ0) is 20.0. The third kappa shape index (κ3) is 4.53. The number of benzene rings is 1. The summed E-state index contributed by atoms with van der Waals surface area (Å²) in [4.78, 5) is 0.0887. The molecule has 27 heavy (non-hydrogen) atoms. The first-order valence-corrected chi connectivity index (χ1v) is 13.8. The highest BCUT2D eigenvalue weighted by Crippen LogP contribution is 2.27. The third-order valence-corrected chi connectivity index (χ3v) is 10.4. The quantitative estimate of drug-likeness (QED) is 0.654. The molecule has 0 unspecified atom stereocenters. The van der Waals surface area contributed by atoms with Crippen LogP contribution in [0.3, 0.4) is 0 Å². The topological polar surface area (TPSA) is 118 Å². The molecule has 0 aliphatic carbocycles. The molecule has 0 bridgehead atoms. The monoisotopic (exact) mass is 436 g/mol. The van der Waals surface area contributed by atoms with Crippen molar-refractivity contribution in [1.29, 1.82) is 0 Å². The van der Waals surface area contributed by atoms with E-state index < -0.39 is 41.8 Å². The van der Waals surface area contributed by atoms with Gasteiger partial charge in [0.25, 0.3) is 10.0 Å². The number of rotatable bonds is 5. The number of sulfone groups is 2. The Kier molecular flexibility index (Phi) is 5.45. The van der Waals surface area contributed by atoms with Crippen molar-refractivity contribution in [2.24, 2.45) is 0 Å². The van der Waals surface area contributed by atoms with Crippen LogP contribution in [0.4, 0.5) is 0 Å². The van der Waals surface area contributed by atoms with Gasteiger partial charge in [-0.25, -0.2) is 30.7 Å². The minimum atomic E-state index is -4.04. The normalized spacial score (nSPS) is 27.2. The predicted octanol–water partition coefficient (Wildman–Crippen LogP) is 0.173. The summed E-state index contributed by atoms with van der Waals surface area (Å²) in [5.74, 6) is -0.527. The zero-order valence-corrected chi connectivity index (χ0v) is 17.7. The van der Waals surface area contributed by atoms with Crippen molar-refractivity contribution >= 4 is 29.7 Å². The number of hydrazine groups is 1. The van der Waals surface area contributed by atoms with Gasteiger partial charge in [-0.05, 0) is 38.3 Å². The van der Waals surface area contributed by atoms with Crippen LogP contribution in [0.25, 0.3) is 0 Å². The minimum absolute atomic E-state index is 0.00885. The lowest BCUT2D eigenvalue weighted by Gasteiger charge is -2.31. The van der Waals surface area contributed by atoms with Crippen LogP contribution in [-0.2, 0) is 29.7 Å². The molecule has 2 atom stereocenters. The average molecular weight is 437 g/mol. The van der Waals surface area contributed by atoms with Gasteiger partial charge in [-0.15, -0.1) is 4.41 Å². The highest BCUT2D eigenvalue weighted by Gasteiger charge is 2.42. The van der Waals surface area contributed by atoms with E-state index in [1.54, 1.807) is 19.1 Å². The van der Waals surface area contributed by atoms with Gasteiger partial charge in [0.2, 0.25) is 0 Å². The summed E-state index contributed by atoms with van der Waals surface area (Å²) in [6.07, 6.45) is 0.472. The summed E-state index contributed by atoms with van der Waals surface area (Å²) >= 11 is 0. The van der Waals surface area contributed by atoms with Crippen molar-refractivity contribution in [3.63, 3.8) is 0 Å². The van der Waals surface area contributed by atoms with Crippen molar-refractivity contribution in [1.82, 2.24) is 9.84 Å². The van der Waals surface area contributed by atoms with E-state index in [0.29, 0.717) is 12.0 Å². The Hall–Kier alpha value is -1.01. The largest absolute Gasteiger partial charge is 0.256 e. The molecule has 2 aliphatic heterocycles. The Bertz CT molecular complexity index is 1050. The highest BCUT2D eigenvalue weighted by atomic mass is 32.2. The lowest BCUT2D eigenvalue weighted by Crippen LogP contribution is -2.54. The van der Waals surface area contributed by atoms with Crippen LogP contribution in [0.15, 0.2) is 23.1 Å². The Morgan fingerprint density at radius 2 is 1.63 bits per heavy atom. The molecule has 1 aromatic carbocycles. The third-order valence-electron chi connectivity index (χ3n) is 4.95. The lowest BCUT2D eigenvalue weighted by molar-refractivity contribution is 0.229. The minimum Gasteiger partial charge on any atom is -0.237 e. The van der Waals surface area contributed by atoms with Crippen molar-refractivity contribution in [3.05, 3.63) is 29.3 Å². The molecule has 3 rings (SSSR count). The van der Waals surface area contributed by atoms with E-state index in [1.807, 2.05) is 6.92 Å². The maximum atomic E-state index is 13.3. The standard InChI is InChI=1S/C16H24N2O6S3/c1-12-3-4-16(13(2)9-12)27(23,24)18(15-6-8-26(21,22)11-15)17-14-5-7-25(19,20)10-14/h3-4,9,14-15,17H,5-8,10-11H2,1-2H3/t14-,15+/m0/s1. The van der Waals surface area contributed by atoms with Crippen LogP contribution in [0.2, 0.25) is 0 Å². The summed E-state index contributed by atoms with van der Waals surface area (Å²) in [6.45, 7) is 3.54. The molecule has 8 nitrogen and oxygen atoms in total. The molecule has 2 fully saturated rings. The van der Waals surface area contributed by atoms with Gasteiger partial charge in [0, 0.05) is 6.04 Å². The maximum Gasteiger partial charge on any atom is 0.256 e. The predicted molar refractivity (Wildman–Crippen MR) is 102 cm³/mol. The summed E-state index contributed by atoms with van der Waals surface area (Å²) in [7, 11) is -10.6. The highest BCUT2D eigenvalue weighted by molar-refractivity contribution is 7.92. The molecule has 0 saturated carbocycles. The summed E-state index contributed by atoms with van der Waals surface area (Å²) in [5, 5.41) is 0. The maximum absolute atomic E-state index is 13.3. The molecule has 11 heteroatoms. The molecule has 0 radical (unpaired) electrons. The van der Waals surface area contributed by atoms with Crippen LogP contribution in [-0.4, -0.2) is 64.8 Å². The van der Waals surface area contributed by atoms with Gasteiger partial charge in [-0.1, -0.05) is 17.7 Å². The van der Waals surface area contributed by atoms with Crippen molar-refractivity contribution in [3.8, 4) is 0 Å². The van der Waals surface area contributed by atoms with Crippen molar-refractivity contribution < 1.29 is 25.3 Å². The first-order valence-electron chi connectivity index (χ1n) is 8.68. The Balaban J connectivity index is 1.98. The molecule has 2 aliphatic rings. The van der Waals surface area contributed by atoms with E-state index >= 15 is 0 Å². The van der Waals surface area contributed by atoms with Gasteiger partial charge in [0.1, 0.15) is 0 Å². The molecule has 2 heterocycles. The average Bonchev–Trinajstić information content (AvgIpc) is 3.05. The second-order valence-corrected chi connectivity index (χ2v) is 13.6. The van der Waals surface area contributed by atoms with Gasteiger partial charge in [0.15, 0.2) is 19.7 Å². The van der Waals surface area contributed by atoms with Gasteiger partial charge < -0.3 is 0 Å². The Morgan fingerprint density at radius 3 is 2.15 bits per heavy atom. The molecule has 0 aromatic heterocycles. The molecule has 0 amide bonds. The van der Waals surface area contributed by atoms with E-state index in [-0.39, 0.29) is 34.3 Å². The second-order valence-electron chi connectivity index (χ2n) is 7.36. The number of nitrogens with zero attached hydrogens (tertiary/aromatic N) is 1. The van der Waals surface area contributed by atoms with Gasteiger partial charge in [-0.2, -0.15) is 0 Å². The fourth-order valence-corrected chi connectivity index (χ4v) is 8.84. The van der Waals surface area contributed by atoms with Gasteiger partial charge >= 0.3 is 0 Å². The van der Waals surface area contributed by atoms with Crippen molar-refractivity contribution in [2.75, 3.05) is 23.0 Å². The van der Waals surface area contributed by atoms with Gasteiger partial charge in [0.05, 0.1) is 33.9 Å². The summed E-state index contributed by atoms with van der Waals surface area (Å²) < 4.78 is 75.0. The molecule has 2 saturated heterocycles. The molecule has 0 spiro atoms. The van der Waals surface area contributed by atoms with E-state index in [9.17, 15) is 25.3 Å². The number of hydrogen-bond donors (Lipinski definition) is 1. The van der Waals surface area contributed by atoms with Gasteiger partial charge in [-0.3, -0.25) is 0 Å². The van der Waals surface area contributed by atoms with Crippen molar-refractivity contribution in [2.45, 2.75) is 43.7 Å². The molecule has 1 N–H and O–H groups in total. The first-order chi connectivity index (χ1) is 12.4. The number of hydrogen-bond acceptors (Lipinski definition) is 7. The summed E-state index contributed by atoms with van der Waals surface area (Å²) in [5.41, 5.74) is 4.30. The molecule has 152 valence electrons. The Labute approximate surface area is 160 Å². The molecule has 1 aromatic rings. The number of nitrogens with one attached hydrogen (secondary N) is 1. The van der Waals surface area contributed by atoms with Crippen LogP contribution in [0.1, 0.15) is 24.0 Å². The zero-order valence-electron chi connectivity index (χ0n) is 15.3. The number of sulfonamides is 1. The number of aryl methyl sites for hydroxylation is 2. The van der Waals surface area contributed by atoms with Crippen LogP contribution < -0.4 is 5.43 Å². The fraction of sp³-hybridized carbons (Fsp3) is 0.625. The lowest BCUT2D eigenvalue weighted by atomic mass is 10.2. The first kappa shape index (κ1) is 20.7. The smallest absolute Gasteiger partial charge is 0.237 e. The SMILES string of the molecule is Cc1ccc(S(=O)(=O)N(N[C@H]2CCS(=O)(=O)C2)[C@@H]2CCS(=O)(=O)C2)c(C)c1. The van der Waals surface area contributed by atoms with E-state index in [1.165, 1.54) is 6.07 Å². The molecular weight excluding hydrogens is 412 g/mol. The van der Waals surface area contributed by atoms with E-state index in [2.05, 4.69) is 5.43 Å². The Morgan fingerprint density at radius 1 is 1.00 bits per heavy atom. The van der Waals surface area contributed by atoms with E-state index in [4.69, 9.17) is 0 Å². The summed E-state index contributed by atoms with van der Waals surface area (Å²) in [6, 6.07) is 3.62. The van der Waals surface area contributed by atoms with Crippen LogP contribution in [0.5, 0.6) is 0 Å². The second kappa shape index (κ2) is 7.11. The molecular formula is C16H24N2O6S3.